The third-order valence-electron chi connectivity index (χ3n) is 5.02. The fourth-order valence-electron chi connectivity index (χ4n) is 3.58. The van der Waals surface area contributed by atoms with Gasteiger partial charge in [0.1, 0.15) is 11.5 Å². The molecule has 1 fully saturated rings. The highest BCUT2D eigenvalue weighted by Gasteiger charge is 2.26. The number of nitrogens with zero attached hydrogens (tertiary/aromatic N) is 4. The molecule has 7 nitrogen and oxygen atoms in total. The average molecular weight is 364 g/mol. The van der Waals surface area contributed by atoms with E-state index in [0.29, 0.717) is 18.1 Å². The molecule has 0 aliphatic carbocycles. The van der Waals surface area contributed by atoms with E-state index in [-0.39, 0.29) is 11.9 Å². The van der Waals surface area contributed by atoms with Crippen LogP contribution in [-0.2, 0) is 0 Å². The quantitative estimate of drug-likeness (QED) is 0.729. The standard InChI is InChI=1S/C20H24N6O/c1-2-25(16-8-10-21-11-9-16)20(27)18-13-22-19(24-18)15-12-23-26(14-15)17-6-4-3-5-7-17/h3-7,12-14,16,21H,2,8-11H2,1H3,(H,22,24). The number of hydrogen-bond acceptors (Lipinski definition) is 4. The Bertz CT molecular complexity index is 894. The molecule has 1 aromatic carbocycles. The Morgan fingerprint density at radius 1 is 1.26 bits per heavy atom. The highest BCUT2D eigenvalue weighted by atomic mass is 16.2. The van der Waals surface area contributed by atoms with Gasteiger partial charge in [0.05, 0.1) is 17.4 Å². The summed E-state index contributed by atoms with van der Waals surface area (Å²) in [6, 6.07) is 10.2. The van der Waals surface area contributed by atoms with Crippen LogP contribution in [-0.4, -0.2) is 56.2 Å². The molecular formula is C20H24N6O. The predicted molar refractivity (Wildman–Crippen MR) is 104 cm³/mol. The monoisotopic (exact) mass is 364 g/mol. The van der Waals surface area contributed by atoms with Crippen molar-refractivity contribution in [2.24, 2.45) is 0 Å². The zero-order chi connectivity index (χ0) is 18.6. The lowest BCUT2D eigenvalue weighted by atomic mass is 10.0. The van der Waals surface area contributed by atoms with Gasteiger partial charge in [0.25, 0.3) is 5.91 Å². The lowest BCUT2D eigenvalue weighted by molar-refractivity contribution is 0.0650. The normalized spacial score (nSPS) is 15.0. The van der Waals surface area contributed by atoms with Crippen LogP contribution in [0.15, 0.2) is 48.9 Å². The summed E-state index contributed by atoms with van der Waals surface area (Å²) in [5.41, 5.74) is 2.29. The number of para-hydroxylation sites is 1. The summed E-state index contributed by atoms with van der Waals surface area (Å²) >= 11 is 0. The van der Waals surface area contributed by atoms with E-state index in [4.69, 9.17) is 0 Å². The molecule has 0 bridgehead atoms. The molecule has 3 aromatic rings. The van der Waals surface area contributed by atoms with Gasteiger partial charge in [-0.05, 0) is 45.0 Å². The molecule has 0 unspecified atom stereocenters. The molecule has 0 saturated carbocycles. The highest BCUT2D eigenvalue weighted by molar-refractivity contribution is 5.93. The summed E-state index contributed by atoms with van der Waals surface area (Å²) < 4.78 is 1.80. The van der Waals surface area contributed by atoms with Crippen molar-refractivity contribution in [2.45, 2.75) is 25.8 Å². The van der Waals surface area contributed by atoms with E-state index in [1.54, 1.807) is 17.1 Å². The third-order valence-corrected chi connectivity index (χ3v) is 5.02. The smallest absolute Gasteiger partial charge is 0.274 e. The zero-order valence-corrected chi connectivity index (χ0v) is 15.4. The lowest BCUT2D eigenvalue weighted by Crippen LogP contribution is -2.46. The van der Waals surface area contributed by atoms with Crippen LogP contribution in [0.25, 0.3) is 17.1 Å². The van der Waals surface area contributed by atoms with Crippen molar-refractivity contribution in [2.75, 3.05) is 19.6 Å². The molecule has 1 aliphatic rings. The number of carbonyl (C=O) groups excluding carboxylic acids is 1. The molecule has 2 aromatic heterocycles. The van der Waals surface area contributed by atoms with Gasteiger partial charge in [0.15, 0.2) is 0 Å². The van der Waals surface area contributed by atoms with Gasteiger partial charge in [-0.2, -0.15) is 5.10 Å². The SMILES string of the molecule is CCN(C(=O)c1c[nH]c(-c2cnn(-c3ccccc3)c2)n1)C1CCNCC1. The van der Waals surface area contributed by atoms with Crippen LogP contribution in [0.5, 0.6) is 0 Å². The molecule has 0 spiro atoms. The minimum absolute atomic E-state index is 0.0117. The second kappa shape index (κ2) is 7.75. The molecule has 27 heavy (non-hydrogen) atoms. The minimum Gasteiger partial charge on any atom is -0.344 e. The van der Waals surface area contributed by atoms with Gasteiger partial charge in [0, 0.05) is 25.0 Å². The van der Waals surface area contributed by atoms with Crippen molar-refractivity contribution in [3.8, 4) is 17.1 Å². The van der Waals surface area contributed by atoms with Gasteiger partial charge in [-0.15, -0.1) is 0 Å². The maximum atomic E-state index is 12.9. The number of rotatable bonds is 5. The largest absolute Gasteiger partial charge is 0.344 e. The number of imidazole rings is 1. The first-order chi connectivity index (χ1) is 13.3. The number of piperidine rings is 1. The van der Waals surface area contributed by atoms with E-state index in [1.165, 1.54) is 0 Å². The Labute approximate surface area is 158 Å². The number of H-pyrrole nitrogens is 1. The van der Waals surface area contributed by atoms with Crippen molar-refractivity contribution in [1.82, 2.24) is 30.0 Å². The van der Waals surface area contributed by atoms with E-state index in [2.05, 4.69) is 20.4 Å². The Balaban J connectivity index is 1.53. The lowest BCUT2D eigenvalue weighted by Gasteiger charge is -2.33. The third kappa shape index (κ3) is 3.64. The molecule has 3 heterocycles. The van der Waals surface area contributed by atoms with E-state index in [9.17, 15) is 4.79 Å². The van der Waals surface area contributed by atoms with Gasteiger partial charge in [0.2, 0.25) is 0 Å². The molecule has 140 valence electrons. The summed E-state index contributed by atoms with van der Waals surface area (Å²) in [4.78, 5) is 22.5. The van der Waals surface area contributed by atoms with Gasteiger partial charge in [-0.1, -0.05) is 18.2 Å². The Morgan fingerprint density at radius 3 is 2.78 bits per heavy atom. The van der Waals surface area contributed by atoms with E-state index < -0.39 is 0 Å². The average Bonchev–Trinajstić information content (AvgIpc) is 3.40. The molecular weight excluding hydrogens is 340 g/mol. The van der Waals surface area contributed by atoms with Crippen molar-refractivity contribution in [3.63, 3.8) is 0 Å². The number of carbonyl (C=O) groups is 1. The zero-order valence-electron chi connectivity index (χ0n) is 15.4. The van der Waals surface area contributed by atoms with Gasteiger partial charge in [-0.25, -0.2) is 9.67 Å². The molecule has 0 radical (unpaired) electrons. The number of benzene rings is 1. The number of aromatic amines is 1. The van der Waals surface area contributed by atoms with Gasteiger partial charge >= 0.3 is 0 Å². The van der Waals surface area contributed by atoms with Crippen molar-refractivity contribution in [3.05, 3.63) is 54.6 Å². The first-order valence-electron chi connectivity index (χ1n) is 9.44. The second-order valence-electron chi connectivity index (χ2n) is 6.72. The van der Waals surface area contributed by atoms with Crippen LogP contribution >= 0.6 is 0 Å². The molecule has 1 amide bonds. The summed E-state index contributed by atoms with van der Waals surface area (Å²) in [7, 11) is 0. The highest BCUT2D eigenvalue weighted by Crippen LogP contribution is 2.19. The molecule has 7 heteroatoms. The van der Waals surface area contributed by atoms with Crippen LogP contribution in [0.1, 0.15) is 30.3 Å². The predicted octanol–water partition coefficient (Wildman–Crippen LogP) is 2.48. The first kappa shape index (κ1) is 17.5. The summed E-state index contributed by atoms with van der Waals surface area (Å²) in [6.07, 6.45) is 7.33. The Morgan fingerprint density at radius 2 is 2.04 bits per heavy atom. The maximum Gasteiger partial charge on any atom is 0.274 e. The summed E-state index contributed by atoms with van der Waals surface area (Å²) in [6.45, 7) is 4.63. The minimum atomic E-state index is -0.0117. The summed E-state index contributed by atoms with van der Waals surface area (Å²) in [5, 5.41) is 7.74. The first-order valence-corrected chi connectivity index (χ1v) is 9.44. The van der Waals surface area contributed by atoms with Crippen molar-refractivity contribution in [1.29, 1.82) is 0 Å². The number of amides is 1. The number of hydrogen-bond donors (Lipinski definition) is 2. The topological polar surface area (TPSA) is 78.8 Å². The second-order valence-corrected chi connectivity index (χ2v) is 6.72. The molecule has 2 N–H and O–H groups in total. The van der Waals surface area contributed by atoms with Crippen molar-refractivity contribution >= 4 is 5.91 Å². The van der Waals surface area contributed by atoms with E-state index in [0.717, 1.165) is 37.2 Å². The van der Waals surface area contributed by atoms with Gasteiger partial charge in [-0.3, -0.25) is 4.79 Å². The molecule has 1 aliphatic heterocycles. The fraction of sp³-hybridized carbons (Fsp3) is 0.350. The summed E-state index contributed by atoms with van der Waals surface area (Å²) in [5.74, 6) is 0.643. The number of aromatic nitrogens is 4. The Hall–Kier alpha value is -2.93. The van der Waals surface area contributed by atoms with Crippen LogP contribution in [0.3, 0.4) is 0 Å². The van der Waals surface area contributed by atoms with Crippen LogP contribution in [0, 0.1) is 0 Å². The molecule has 1 saturated heterocycles. The fourth-order valence-corrected chi connectivity index (χ4v) is 3.58. The van der Waals surface area contributed by atoms with Gasteiger partial charge < -0.3 is 15.2 Å². The molecule has 0 atom stereocenters. The molecule has 4 rings (SSSR count). The maximum absolute atomic E-state index is 12.9. The Kier molecular flexibility index (Phi) is 5.02. The van der Waals surface area contributed by atoms with Crippen LogP contribution < -0.4 is 5.32 Å². The van der Waals surface area contributed by atoms with Crippen LogP contribution in [0.2, 0.25) is 0 Å². The van der Waals surface area contributed by atoms with E-state index in [1.807, 2.05) is 48.4 Å². The van der Waals surface area contributed by atoms with Crippen LogP contribution in [0.4, 0.5) is 0 Å². The van der Waals surface area contributed by atoms with E-state index >= 15 is 0 Å². The van der Waals surface area contributed by atoms with Crippen molar-refractivity contribution < 1.29 is 4.79 Å². The number of nitrogens with one attached hydrogen (secondary N) is 2.